The first-order chi connectivity index (χ1) is 20.3. The lowest BCUT2D eigenvalue weighted by Crippen LogP contribution is -2.54. The molecule has 0 heterocycles. The molecule has 1 N–H and O–H groups in total. The van der Waals surface area contributed by atoms with Gasteiger partial charge in [-0.15, -0.1) is 0 Å². The summed E-state index contributed by atoms with van der Waals surface area (Å²) in [6.45, 7) is 8.02. The molecule has 2 amide bonds. The van der Waals surface area contributed by atoms with E-state index in [4.69, 9.17) is 0 Å². The zero-order chi connectivity index (χ0) is 31.2. The number of nitrogens with one attached hydrogen (secondary N) is 1. The minimum atomic E-state index is -3.81. The van der Waals surface area contributed by atoms with Crippen LogP contribution in [-0.2, 0) is 38.0 Å². The van der Waals surface area contributed by atoms with E-state index in [0.29, 0.717) is 12.1 Å². The molecule has 1 unspecified atom stereocenters. The maximum Gasteiger partial charge on any atom is 0.244 e. The first-order valence-corrected chi connectivity index (χ1v) is 16.9. The third-order valence-electron chi connectivity index (χ3n) is 8.15. The number of sulfonamides is 1. The Bertz CT molecular complexity index is 1470. The molecule has 43 heavy (non-hydrogen) atoms. The molecule has 0 aliphatic heterocycles. The minimum Gasteiger partial charge on any atom is -0.352 e. The summed E-state index contributed by atoms with van der Waals surface area (Å²) in [5.41, 5.74) is 4.24. The Balaban J connectivity index is 1.71. The van der Waals surface area contributed by atoms with E-state index in [0.717, 1.165) is 58.5 Å². The molecule has 7 nitrogen and oxygen atoms in total. The van der Waals surface area contributed by atoms with E-state index in [2.05, 4.69) is 26.1 Å². The highest BCUT2D eigenvalue weighted by atomic mass is 32.2. The Labute approximate surface area is 257 Å². The molecule has 0 saturated heterocycles. The molecule has 1 atom stereocenters. The summed E-state index contributed by atoms with van der Waals surface area (Å²) in [5, 5.41) is 3.20. The van der Waals surface area contributed by atoms with Gasteiger partial charge in [0, 0.05) is 19.0 Å². The van der Waals surface area contributed by atoms with Crippen LogP contribution >= 0.6 is 0 Å². The molecular weight excluding hydrogens is 558 g/mol. The molecular formula is C35H45N3O4S. The summed E-state index contributed by atoms with van der Waals surface area (Å²) in [5.74, 6) is -0.648. The number of nitrogens with zero attached hydrogens (tertiary/aromatic N) is 2. The third-order valence-corrected chi connectivity index (χ3v) is 9.29. The minimum absolute atomic E-state index is 0.0796. The molecule has 0 aromatic heterocycles. The van der Waals surface area contributed by atoms with Crippen molar-refractivity contribution in [1.29, 1.82) is 0 Å². The lowest BCUT2D eigenvalue weighted by molar-refractivity contribution is -0.140. The van der Waals surface area contributed by atoms with Gasteiger partial charge in [-0.05, 0) is 54.0 Å². The summed E-state index contributed by atoms with van der Waals surface area (Å²) < 4.78 is 27.3. The molecule has 230 valence electrons. The predicted molar refractivity (Wildman–Crippen MR) is 173 cm³/mol. The largest absolute Gasteiger partial charge is 0.352 e. The number of anilines is 1. The highest BCUT2D eigenvalue weighted by Gasteiger charge is 2.34. The average molecular weight is 604 g/mol. The topological polar surface area (TPSA) is 86.8 Å². The van der Waals surface area contributed by atoms with Gasteiger partial charge in [-0.25, -0.2) is 8.42 Å². The van der Waals surface area contributed by atoms with Crippen LogP contribution in [0.5, 0.6) is 0 Å². The summed E-state index contributed by atoms with van der Waals surface area (Å²) in [7, 11) is -3.81. The molecule has 3 aromatic carbocycles. The molecule has 8 heteroatoms. The Morgan fingerprint density at radius 1 is 0.884 bits per heavy atom. The number of aryl methyl sites for hydroxylation is 1. The summed E-state index contributed by atoms with van der Waals surface area (Å²) in [6.07, 6.45) is 5.40. The van der Waals surface area contributed by atoms with Crippen molar-refractivity contribution in [3.8, 4) is 0 Å². The number of carbonyl (C=O) groups excluding carboxylic acids is 2. The summed E-state index contributed by atoms with van der Waals surface area (Å²) >= 11 is 0. The molecule has 4 rings (SSSR count). The fourth-order valence-corrected chi connectivity index (χ4v) is 6.40. The average Bonchev–Trinajstić information content (AvgIpc) is 3.47. The summed E-state index contributed by atoms with van der Waals surface area (Å²) in [4.78, 5) is 29.8. The van der Waals surface area contributed by atoms with Gasteiger partial charge in [-0.2, -0.15) is 0 Å². The maximum absolute atomic E-state index is 14.3. The van der Waals surface area contributed by atoms with Crippen LogP contribution in [-0.4, -0.2) is 50.0 Å². The molecule has 0 radical (unpaired) electrons. The molecule has 3 aromatic rings. The van der Waals surface area contributed by atoms with E-state index in [1.807, 2.05) is 73.7 Å². The quantitative estimate of drug-likeness (QED) is 0.302. The van der Waals surface area contributed by atoms with Crippen molar-refractivity contribution in [3.63, 3.8) is 0 Å². The maximum atomic E-state index is 14.3. The van der Waals surface area contributed by atoms with Crippen molar-refractivity contribution in [2.45, 2.75) is 83.8 Å². The number of rotatable bonds is 11. The van der Waals surface area contributed by atoms with Crippen LogP contribution in [0.4, 0.5) is 5.69 Å². The van der Waals surface area contributed by atoms with Crippen LogP contribution in [0.3, 0.4) is 0 Å². The van der Waals surface area contributed by atoms with Gasteiger partial charge in [0.25, 0.3) is 0 Å². The van der Waals surface area contributed by atoms with Crippen LogP contribution in [0.15, 0.2) is 78.9 Å². The predicted octanol–water partition coefficient (Wildman–Crippen LogP) is 5.76. The fraction of sp³-hybridized carbons (Fsp3) is 0.429. The van der Waals surface area contributed by atoms with E-state index in [-0.39, 0.29) is 23.9 Å². The smallest absolute Gasteiger partial charge is 0.244 e. The van der Waals surface area contributed by atoms with Crippen molar-refractivity contribution >= 4 is 27.5 Å². The number of benzene rings is 3. The molecule has 0 spiro atoms. The van der Waals surface area contributed by atoms with Crippen LogP contribution in [0, 0.1) is 6.92 Å². The highest BCUT2D eigenvalue weighted by molar-refractivity contribution is 7.92. The number of carbonyl (C=O) groups is 2. The fourth-order valence-electron chi connectivity index (χ4n) is 5.55. The summed E-state index contributed by atoms with van der Waals surface area (Å²) in [6, 6.07) is 24.0. The molecule has 1 aliphatic carbocycles. The number of hydrogen-bond donors (Lipinski definition) is 1. The van der Waals surface area contributed by atoms with E-state index in [1.165, 1.54) is 0 Å². The van der Waals surface area contributed by atoms with Gasteiger partial charge >= 0.3 is 0 Å². The lowest BCUT2D eigenvalue weighted by Gasteiger charge is -2.34. The van der Waals surface area contributed by atoms with Crippen molar-refractivity contribution < 1.29 is 18.0 Å². The van der Waals surface area contributed by atoms with Crippen molar-refractivity contribution in [3.05, 3.63) is 101 Å². The molecule has 1 saturated carbocycles. The van der Waals surface area contributed by atoms with E-state index in [1.54, 1.807) is 17.0 Å². The van der Waals surface area contributed by atoms with E-state index in [9.17, 15) is 18.0 Å². The van der Waals surface area contributed by atoms with Gasteiger partial charge in [0.2, 0.25) is 21.8 Å². The van der Waals surface area contributed by atoms with Crippen molar-refractivity contribution in [2.24, 2.45) is 0 Å². The number of amides is 2. The van der Waals surface area contributed by atoms with Gasteiger partial charge in [-0.1, -0.05) is 106 Å². The molecule has 0 bridgehead atoms. The monoisotopic (exact) mass is 603 g/mol. The first kappa shape index (κ1) is 32.3. The van der Waals surface area contributed by atoms with Gasteiger partial charge in [-0.3, -0.25) is 13.9 Å². The SMILES string of the molecule is Cc1ccc(CN(C(=O)CN(c2ccc(C(C)(C)C)cc2)S(C)(=O)=O)C(Cc2ccccc2)C(=O)NC2CCCC2)cc1. The second-order valence-corrected chi connectivity index (χ2v) is 14.7. The van der Waals surface area contributed by atoms with Gasteiger partial charge in [0.05, 0.1) is 11.9 Å². The van der Waals surface area contributed by atoms with Crippen LogP contribution in [0.1, 0.15) is 68.7 Å². The van der Waals surface area contributed by atoms with Gasteiger partial charge in [0.15, 0.2) is 0 Å². The third kappa shape index (κ3) is 8.92. The standard InChI is InChI=1S/C35H45N3O4S/c1-26-15-17-28(18-16-26)24-37(32(23-27-11-7-6-8-12-27)34(40)36-30-13-9-10-14-30)33(39)25-38(43(5,41)42)31-21-19-29(20-22-31)35(2,3)4/h6-8,11-12,15-22,30,32H,9-10,13-14,23-25H2,1-5H3,(H,36,40). The van der Waals surface area contributed by atoms with Crippen LogP contribution in [0.25, 0.3) is 0 Å². The van der Waals surface area contributed by atoms with Crippen molar-refractivity contribution in [2.75, 3.05) is 17.1 Å². The van der Waals surface area contributed by atoms with Crippen LogP contribution < -0.4 is 9.62 Å². The zero-order valence-corrected chi connectivity index (χ0v) is 26.9. The Kier molecular flexibility index (Phi) is 10.3. The zero-order valence-electron chi connectivity index (χ0n) is 26.0. The normalized spacial score (nSPS) is 14.7. The lowest BCUT2D eigenvalue weighted by atomic mass is 9.87. The second-order valence-electron chi connectivity index (χ2n) is 12.8. The Hall–Kier alpha value is -3.65. The highest BCUT2D eigenvalue weighted by Crippen LogP contribution is 2.27. The van der Waals surface area contributed by atoms with Crippen molar-refractivity contribution in [1.82, 2.24) is 10.2 Å². The first-order valence-electron chi connectivity index (χ1n) is 15.1. The number of hydrogen-bond acceptors (Lipinski definition) is 4. The van der Waals surface area contributed by atoms with Gasteiger partial charge < -0.3 is 10.2 Å². The molecule has 1 fully saturated rings. The molecule has 1 aliphatic rings. The Morgan fingerprint density at radius 3 is 2.05 bits per heavy atom. The van der Waals surface area contributed by atoms with Crippen LogP contribution in [0.2, 0.25) is 0 Å². The Morgan fingerprint density at radius 2 is 1.49 bits per heavy atom. The van der Waals surface area contributed by atoms with E-state index < -0.39 is 28.5 Å². The van der Waals surface area contributed by atoms with E-state index >= 15 is 0 Å². The van der Waals surface area contributed by atoms with Gasteiger partial charge in [0.1, 0.15) is 12.6 Å². The second kappa shape index (κ2) is 13.8.